The maximum Gasteiger partial charge on any atom is 0.270 e. The number of hydrogen-bond acceptors (Lipinski definition) is 5. The predicted octanol–water partition coefficient (Wildman–Crippen LogP) is 3.38. The van der Waals surface area contributed by atoms with Crippen molar-refractivity contribution in [1.82, 2.24) is 10.3 Å². The minimum Gasteiger partial charge on any atom is -0.494 e. The average molecular weight is 392 g/mol. The third kappa shape index (κ3) is 6.28. The monoisotopic (exact) mass is 391 g/mol. The van der Waals surface area contributed by atoms with Crippen LogP contribution in [0, 0.1) is 5.92 Å². The van der Waals surface area contributed by atoms with Crippen molar-refractivity contribution in [2.24, 2.45) is 11.7 Å². The van der Waals surface area contributed by atoms with Gasteiger partial charge in [-0.05, 0) is 43.7 Å². The Bertz CT molecular complexity index is 620. The van der Waals surface area contributed by atoms with Crippen LogP contribution in [0.2, 0.25) is 0 Å². The highest BCUT2D eigenvalue weighted by molar-refractivity contribution is 7.13. The number of carbonyl (C=O) groups excluding carboxylic acids is 1. The van der Waals surface area contributed by atoms with E-state index in [4.69, 9.17) is 10.5 Å². The van der Waals surface area contributed by atoms with E-state index >= 15 is 0 Å². The van der Waals surface area contributed by atoms with Gasteiger partial charge >= 0.3 is 0 Å². The standard InChI is InChI=1S/C16H21N3O2S.2ClH/c1-3-21-13-6-4-12(5-7-13)16-19-14(10-22-16)15(20)18-9-11(2)8-17;;/h4-7,10-11H,3,8-9,17H2,1-2H3,(H,18,20);2*1H. The van der Waals surface area contributed by atoms with E-state index in [1.54, 1.807) is 5.38 Å². The number of rotatable bonds is 7. The molecule has 0 saturated carbocycles. The fourth-order valence-electron chi connectivity index (χ4n) is 1.81. The van der Waals surface area contributed by atoms with Crippen molar-refractivity contribution < 1.29 is 9.53 Å². The molecule has 1 amide bonds. The van der Waals surface area contributed by atoms with Crippen LogP contribution in [0.1, 0.15) is 24.3 Å². The zero-order chi connectivity index (χ0) is 15.9. The van der Waals surface area contributed by atoms with E-state index in [1.807, 2.05) is 38.1 Å². The lowest BCUT2D eigenvalue weighted by Gasteiger charge is -2.08. The molecule has 0 aliphatic heterocycles. The number of ether oxygens (including phenoxy) is 1. The minimum absolute atomic E-state index is 0. The van der Waals surface area contributed by atoms with E-state index in [0.29, 0.717) is 25.4 Å². The van der Waals surface area contributed by atoms with Gasteiger partial charge in [0.1, 0.15) is 16.5 Å². The topological polar surface area (TPSA) is 77.2 Å². The molecule has 0 fully saturated rings. The molecule has 0 radical (unpaired) electrons. The van der Waals surface area contributed by atoms with Gasteiger partial charge in [-0.25, -0.2) is 4.98 Å². The van der Waals surface area contributed by atoms with Crippen LogP contribution in [0.4, 0.5) is 0 Å². The van der Waals surface area contributed by atoms with E-state index in [-0.39, 0.29) is 36.6 Å². The Kier molecular flexibility index (Phi) is 10.6. The second-order valence-corrected chi connectivity index (χ2v) is 5.90. The van der Waals surface area contributed by atoms with E-state index in [9.17, 15) is 4.79 Å². The first-order valence-corrected chi connectivity index (χ1v) is 8.19. The van der Waals surface area contributed by atoms with Gasteiger partial charge < -0.3 is 15.8 Å². The highest BCUT2D eigenvalue weighted by atomic mass is 35.5. The Balaban J connectivity index is 0.00000264. The van der Waals surface area contributed by atoms with Crippen LogP contribution in [0.15, 0.2) is 29.6 Å². The maximum absolute atomic E-state index is 12.0. The summed E-state index contributed by atoms with van der Waals surface area (Å²) in [5.41, 5.74) is 6.95. The lowest BCUT2D eigenvalue weighted by atomic mass is 10.2. The molecule has 8 heteroatoms. The Morgan fingerprint density at radius 2 is 2.00 bits per heavy atom. The third-order valence-electron chi connectivity index (χ3n) is 3.16. The first-order chi connectivity index (χ1) is 10.6. The van der Waals surface area contributed by atoms with Crippen molar-refractivity contribution >= 4 is 42.1 Å². The smallest absolute Gasteiger partial charge is 0.270 e. The number of aromatic nitrogens is 1. The largest absolute Gasteiger partial charge is 0.494 e. The second kappa shape index (κ2) is 11.3. The summed E-state index contributed by atoms with van der Waals surface area (Å²) >= 11 is 1.45. The molecule has 0 spiro atoms. The first-order valence-electron chi connectivity index (χ1n) is 7.31. The molecule has 2 rings (SSSR count). The van der Waals surface area contributed by atoms with Crippen LogP contribution >= 0.6 is 36.2 Å². The number of carbonyl (C=O) groups is 1. The van der Waals surface area contributed by atoms with E-state index in [0.717, 1.165) is 16.3 Å². The van der Waals surface area contributed by atoms with Gasteiger partial charge in [0, 0.05) is 17.5 Å². The van der Waals surface area contributed by atoms with E-state index in [2.05, 4.69) is 10.3 Å². The normalized spacial score (nSPS) is 11.0. The molecule has 1 atom stereocenters. The fraction of sp³-hybridized carbons (Fsp3) is 0.375. The summed E-state index contributed by atoms with van der Waals surface area (Å²) in [5, 5.41) is 5.44. The highest BCUT2D eigenvalue weighted by Gasteiger charge is 2.12. The van der Waals surface area contributed by atoms with Gasteiger partial charge in [-0.3, -0.25) is 4.79 Å². The summed E-state index contributed by atoms with van der Waals surface area (Å²) in [6.45, 7) is 5.69. The van der Waals surface area contributed by atoms with Crippen molar-refractivity contribution in [1.29, 1.82) is 0 Å². The predicted molar refractivity (Wildman–Crippen MR) is 104 cm³/mol. The van der Waals surface area contributed by atoms with Gasteiger partial charge in [-0.15, -0.1) is 36.2 Å². The van der Waals surface area contributed by atoms with Gasteiger partial charge in [-0.2, -0.15) is 0 Å². The first kappa shape index (κ1) is 22.7. The lowest BCUT2D eigenvalue weighted by molar-refractivity contribution is 0.0944. The molecule has 1 heterocycles. The summed E-state index contributed by atoms with van der Waals surface area (Å²) in [5.74, 6) is 0.929. The van der Waals surface area contributed by atoms with Crippen LogP contribution in [0.3, 0.4) is 0 Å². The quantitative estimate of drug-likeness (QED) is 0.758. The molecular formula is C16H23Cl2N3O2S. The van der Waals surface area contributed by atoms with Crippen LogP contribution in [-0.2, 0) is 0 Å². The SMILES string of the molecule is CCOc1ccc(-c2nc(C(=O)NCC(C)CN)cs2)cc1.Cl.Cl. The molecule has 1 aromatic carbocycles. The van der Waals surface area contributed by atoms with Crippen molar-refractivity contribution in [3.05, 3.63) is 35.3 Å². The molecule has 24 heavy (non-hydrogen) atoms. The minimum atomic E-state index is -0.159. The second-order valence-electron chi connectivity index (χ2n) is 5.05. The molecule has 1 unspecified atom stereocenters. The van der Waals surface area contributed by atoms with Crippen LogP contribution in [-0.4, -0.2) is 30.6 Å². The molecule has 0 aliphatic rings. The number of nitrogens with zero attached hydrogens (tertiary/aromatic N) is 1. The number of hydrogen-bond donors (Lipinski definition) is 2. The van der Waals surface area contributed by atoms with Crippen molar-refractivity contribution in [3.63, 3.8) is 0 Å². The summed E-state index contributed by atoms with van der Waals surface area (Å²) in [6, 6.07) is 7.70. The molecule has 0 saturated heterocycles. The molecule has 5 nitrogen and oxygen atoms in total. The van der Waals surface area contributed by atoms with Gasteiger partial charge in [0.2, 0.25) is 0 Å². The Morgan fingerprint density at radius 3 is 2.58 bits per heavy atom. The number of amides is 1. The maximum atomic E-state index is 12.0. The van der Waals surface area contributed by atoms with Crippen LogP contribution in [0.5, 0.6) is 5.75 Å². The molecular weight excluding hydrogens is 369 g/mol. The Morgan fingerprint density at radius 1 is 1.33 bits per heavy atom. The van der Waals surface area contributed by atoms with Crippen molar-refractivity contribution in [2.45, 2.75) is 13.8 Å². The summed E-state index contributed by atoms with van der Waals surface area (Å²) < 4.78 is 5.41. The highest BCUT2D eigenvalue weighted by Crippen LogP contribution is 2.25. The number of thiazole rings is 1. The number of halogens is 2. The summed E-state index contributed by atoms with van der Waals surface area (Å²) in [6.07, 6.45) is 0. The molecule has 0 aliphatic carbocycles. The van der Waals surface area contributed by atoms with Crippen molar-refractivity contribution in [2.75, 3.05) is 19.7 Å². The average Bonchev–Trinajstić information content (AvgIpc) is 3.03. The Labute approximate surface area is 158 Å². The molecule has 0 bridgehead atoms. The van der Waals surface area contributed by atoms with Crippen molar-refractivity contribution in [3.8, 4) is 16.3 Å². The molecule has 1 aromatic heterocycles. The zero-order valence-corrected chi connectivity index (χ0v) is 16.1. The molecule has 134 valence electrons. The summed E-state index contributed by atoms with van der Waals surface area (Å²) in [7, 11) is 0. The van der Waals surface area contributed by atoms with E-state index in [1.165, 1.54) is 11.3 Å². The van der Waals surface area contributed by atoms with E-state index < -0.39 is 0 Å². The zero-order valence-electron chi connectivity index (χ0n) is 13.7. The van der Waals surface area contributed by atoms with Gasteiger partial charge in [0.15, 0.2) is 0 Å². The van der Waals surface area contributed by atoms with Crippen LogP contribution < -0.4 is 15.8 Å². The van der Waals surface area contributed by atoms with Gasteiger partial charge in [0.05, 0.1) is 6.61 Å². The summed E-state index contributed by atoms with van der Waals surface area (Å²) in [4.78, 5) is 16.4. The number of nitrogens with one attached hydrogen (secondary N) is 1. The van der Waals surface area contributed by atoms with Crippen LogP contribution in [0.25, 0.3) is 10.6 Å². The van der Waals surface area contributed by atoms with Gasteiger partial charge in [0.25, 0.3) is 5.91 Å². The number of nitrogens with two attached hydrogens (primary N) is 1. The molecule has 2 aromatic rings. The van der Waals surface area contributed by atoms with Gasteiger partial charge in [-0.1, -0.05) is 6.92 Å². The fourth-order valence-corrected chi connectivity index (χ4v) is 2.62. The Hall–Kier alpha value is -1.34. The molecule has 3 N–H and O–H groups in total. The lowest BCUT2D eigenvalue weighted by Crippen LogP contribution is -2.31. The number of benzene rings is 1. The third-order valence-corrected chi connectivity index (χ3v) is 4.05.